The summed E-state index contributed by atoms with van der Waals surface area (Å²) in [5, 5.41) is 0. The van der Waals surface area contributed by atoms with Gasteiger partial charge in [0.1, 0.15) is 0 Å². The van der Waals surface area contributed by atoms with Crippen LogP contribution in [0, 0.1) is 0 Å². The maximum absolute atomic E-state index is 4.46. The molecule has 0 saturated heterocycles. The summed E-state index contributed by atoms with van der Waals surface area (Å²) in [6.07, 6.45) is 2.30. The standard InChI is InChI=1S/C19H20N2S/c1-14(17-6-7-19-18(12-17)20-13-22-19)21-10-8-15-4-2-3-5-16(15)9-11-21/h2-7,12-14H,8-11H2,1H3. The van der Waals surface area contributed by atoms with Crippen LogP contribution in [-0.2, 0) is 12.8 Å². The van der Waals surface area contributed by atoms with E-state index in [2.05, 4.69) is 59.3 Å². The number of hydrogen-bond donors (Lipinski definition) is 0. The SMILES string of the molecule is CC(c1ccc2scnc2c1)N1CCc2ccccc2CC1. The first-order valence-electron chi connectivity index (χ1n) is 7.95. The summed E-state index contributed by atoms with van der Waals surface area (Å²) < 4.78 is 1.28. The third kappa shape index (κ3) is 2.55. The molecule has 0 amide bonds. The van der Waals surface area contributed by atoms with Crippen molar-refractivity contribution in [3.05, 3.63) is 64.7 Å². The number of hydrogen-bond acceptors (Lipinski definition) is 3. The summed E-state index contributed by atoms with van der Waals surface area (Å²) in [6, 6.07) is 16.1. The summed E-state index contributed by atoms with van der Waals surface area (Å²) in [5.74, 6) is 0. The molecule has 1 aromatic heterocycles. The van der Waals surface area contributed by atoms with E-state index in [0.29, 0.717) is 6.04 Å². The van der Waals surface area contributed by atoms with E-state index in [4.69, 9.17) is 0 Å². The van der Waals surface area contributed by atoms with Crippen LogP contribution < -0.4 is 0 Å². The Morgan fingerprint density at radius 2 is 1.77 bits per heavy atom. The van der Waals surface area contributed by atoms with E-state index >= 15 is 0 Å². The van der Waals surface area contributed by atoms with Gasteiger partial charge in [0.2, 0.25) is 0 Å². The quantitative estimate of drug-likeness (QED) is 0.695. The maximum atomic E-state index is 4.46. The summed E-state index contributed by atoms with van der Waals surface area (Å²) in [5.41, 5.74) is 7.48. The topological polar surface area (TPSA) is 16.1 Å². The number of nitrogens with zero attached hydrogens (tertiary/aromatic N) is 2. The molecule has 0 saturated carbocycles. The third-order valence-electron chi connectivity index (χ3n) is 4.84. The first kappa shape index (κ1) is 13.9. The van der Waals surface area contributed by atoms with Crippen molar-refractivity contribution in [2.24, 2.45) is 0 Å². The van der Waals surface area contributed by atoms with Crippen LogP contribution in [0.4, 0.5) is 0 Å². The first-order chi connectivity index (χ1) is 10.8. The molecule has 112 valence electrons. The number of thiazole rings is 1. The molecule has 22 heavy (non-hydrogen) atoms. The molecule has 1 aliphatic heterocycles. The molecule has 0 bridgehead atoms. The van der Waals surface area contributed by atoms with E-state index in [-0.39, 0.29) is 0 Å². The van der Waals surface area contributed by atoms with Crippen LogP contribution in [0.1, 0.15) is 29.7 Å². The fourth-order valence-electron chi connectivity index (χ4n) is 3.42. The van der Waals surface area contributed by atoms with Crippen LogP contribution in [0.15, 0.2) is 48.0 Å². The highest BCUT2D eigenvalue weighted by atomic mass is 32.1. The molecule has 3 aromatic rings. The highest BCUT2D eigenvalue weighted by Crippen LogP contribution is 2.27. The van der Waals surface area contributed by atoms with E-state index in [1.54, 1.807) is 11.3 Å². The Morgan fingerprint density at radius 3 is 2.50 bits per heavy atom. The fourth-order valence-corrected chi connectivity index (χ4v) is 4.08. The summed E-state index contributed by atoms with van der Waals surface area (Å²) >= 11 is 1.71. The smallest absolute Gasteiger partial charge is 0.0815 e. The van der Waals surface area contributed by atoms with Crippen LogP contribution in [0.2, 0.25) is 0 Å². The monoisotopic (exact) mass is 308 g/mol. The molecular formula is C19H20N2S. The van der Waals surface area contributed by atoms with Crippen molar-refractivity contribution in [3.63, 3.8) is 0 Å². The Bertz CT molecular complexity index is 766. The number of fused-ring (bicyclic) bond motifs is 2. The lowest BCUT2D eigenvalue weighted by Crippen LogP contribution is -2.29. The van der Waals surface area contributed by atoms with Gasteiger partial charge in [0, 0.05) is 19.1 Å². The molecule has 3 heteroatoms. The molecule has 1 atom stereocenters. The zero-order valence-electron chi connectivity index (χ0n) is 12.8. The van der Waals surface area contributed by atoms with Crippen LogP contribution in [0.25, 0.3) is 10.2 Å². The van der Waals surface area contributed by atoms with Crippen LogP contribution >= 0.6 is 11.3 Å². The van der Waals surface area contributed by atoms with Gasteiger partial charge in [0.15, 0.2) is 0 Å². The van der Waals surface area contributed by atoms with Gasteiger partial charge in [-0.3, -0.25) is 4.90 Å². The summed E-state index contributed by atoms with van der Waals surface area (Å²) in [7, 11) is 0. The molecule has 2 heterocycles. The zero-order valence-corrected chi connectivity index (χ0v) is 13.6. The Labute approximate surface area is 135 Å². The van der Waals surface area contributed by atoms with E-state index in [9.17, 15) is 0 Å². The van der Waals surface area contributed by atoms with Crippen molar-refractivity contribution in [2.45, 2.75) is 25.8 Å². The highest BCUT2D eigenvalue weighted by Gasteiger charge is 2.19. The maximum Gasteiger partial charge on any atom is 0.0815 e. The average Bonchev–Trinajstić information content (AvgIpc) is 2.92. The minimum Gasteiger partial charge on any atom is -0.296 e. The Hall–Kier alpha value is -1.71. The lowest BCUT2D eigenvalue weighted by molar-refractivity contribution is 0.221. The van der Waals surface area contributed by atoms with Gasteiger partial charge in [0.05, 0.1) is 15.7 Å². The second-order valence-electron chi connectivity index (χ2n) is 6.06. The van der Waals surface area contributed by atoms with Gasteiger partial charge in [-0.2, -0.15) is 0 Å². The van der Waals surface area contributed by atoms with Gasteiger partial charge < -0.3 is 0 Å². The van der Waals surface area contributed by atoms with E-state index in [0.717, 1.165) is 31.4 Å². The second-order valence-corrected chi connectivity index (χ2v) is 6.95. The molecule has 0 N–H and O–H groups in total. The van der Waals surface area contributed by atoms with Crippen LogP contribution in [-0.4, -0.2) is 23.0 Å². The predicted octanol–water partition coefficient (Wildman–Crippen LogP) is 4.46. The predicted molar refractivity (Wildman–Crippen MR) is 93.5 cm³/mol. The number of rotatable bonds is 2. The molecule has 0 aliphatic carbocycles. The molecule has 4 rings (SSSR count). The zero-order chi connectivity index (χ0) is 14.9. The van der Waals surface area contributed by atoms with E-state index in [1.807, 2.05) is 5.51 Å². The van der Waals surface area contributed by atoms with Crippen molar-refractivity contribution in [3.8, 4) is 0 Å². The Morgan fingerprint density at radius 1 is 1.05 bits per heavy atom. The van der Waals surface area contributed by atoms with Gasteiger partial charge in [0.25, 0.3) is 0 Å². The lowest BCUT2D eigenvalue weighted by atomic mass is 10.0. The molecule has 0 radical (unpaired) electrons. The van der Waals surface area contributed by atoms with Gasteiger partial charge in [-0.25, -0.2) is 4.98 Å². The second kappa shape index (κ2) is 5.82. The largest absolute Gasteiger partial charge is 0.296 e. The van der Waals surface area contributed by atoms with Crippen molar-refractivity contribution >= 4 is 21.6 Å². The summed E-state index contributed by atoms with van der Waals surface area (Å²) in [4.78, 5) is 7.06. The number of aromatic nitrogens is 1. The molecular weight excluding hydrogens is 288 g/mol. The summed E-state index contributed by atoms with van der Waals surface area (Å²) in [6.45, 7) is 4.59. The van der Waals surface area contributed by atoms with E-state index in [1.165, 1.54) is 21.4 Å². The van der Waals surface area contributed by atoms with Crippen molar-refractivity contribution in [1.82, 2.24) is 9.88 Å². The Balaban J connectivity index is 1.56. The minimum absolute atomic E-state index is 0.445. The van der Waals surface area contributed by atoms with Gasteiger partial charge in [-0.05, 0) is 48.6 Å². The average molecular weight is 308 g/mol. The highest BCUT2D eigenvalue weighted by molar-refractivity contribution is 7.16. The van der Waals surface area contributed by atoms with Gasteiger partial charge >= 0.3 is 0 Å². The molecule has 2 nitrogen and oxygen atoms in total. The molecule has 0 fully saturated rings. The van der Waals surface area contributed by atoms with Gasteiger partial charge in [-0.1, -0.05) is 30.3 Å². The molecule has 0 spiro atoms. The van der Waals surface area contributed by atoms with Gasteiger partial charge in [-0.15, -0.1) is 11.3 Å². The van der Waals surface area contributed by atoms with Crippen molar-refractivity contribution in [1.29, 1.82) is 0 Å². The molecule has 1 unspecified atom stereocenters. The van der Waals surface area contributed by atoms with E-state index < -0.39 is 0 Å². The minimum atomic E-state index is 0.445. The number of benzene rings is 2. The lowest BCUT2D eigenvalue weighted by Gasteiger charge is -2.28. The first-order valence-corrected chi connectivity index (χ1v) is 8.83. The third-order valence-corrected chi connectivity index (χ3v) is 5.65. The van der Waals surface area contributed by atoms with Crippen molar-refractivity contribution < 1.29 is 0 Å². The normalized spacial score (nSPS) is 17.1. The van der Waals surface area contributed by atoms with Crippen LogP contribution in [0.3, 0.4) is 0 Å². The van der Waals surface area contributed by atoms with Crippen molar-refractivity contribution in [2.75, 3.05) is 13.1 Å². The molecule has 2 aromatic carbocycles. The van der Waals surface area contributed by atoms with Crippen LogP contribution in [0.5, 0.6) is 0 Å². The molecule has 1 aliphatic rings. The Kier molecular flexibility index (Phi) is 3.68. The fraction of sp³-hybridized carbons (Fsp3) is 0.316.